The van der Waals surface area contributed by atoms with Gasteiger partial charge in [-0.15, -0.1) is 5.10 Å². The zero-order valence-electron chi connectivity index (χ0n) is 10.5. The number of halogens is 2. The Morgan fingerprint density at radius 3 is 2.86 bits per heavy atom. The zero-order chi connectivity index (χ0) is 15.2. The third-order valence-electron chi connectivity index (χ3n) is 2.27. The van der Waals surface area contributed by atoms with Gasteiger partial charge in [-0.2, -0.15) is 0 Å². The van der Waals surface area contributed by atoms with Gasteiger partial charge in [-0.3, -0.25) is 9.59 Å². The number of anilines is 1. The van der Waals surface area contributed by atoms with Gasteiger partial charge in [0.15, 0.2) is 6.61 Å². The van der Waals surface area contributed by atoms with E-state index in [9.17, 15) is 9.59 Å². The molecule has 0 aliphatic carbocycles. The monoisotopic (exact) mass is 329 g/mol. The molecular weight excluding hydrogens is 321 g/mol. The largest absolute Gasteiger partial charge is 0.454 e. The van der Waals surface area contributed by atoms with Crippen LogP contribution in [0.25, 0.3) is 0 Å². The van der Waals surface area contributed by atoms with Crippen LogP contribution >= 0.6 is 23.2 Å². The number of hydrogen-bond donors (Lipinski definition) is 1. The van der Waals surface area contributed by atoms with E-state index in [0.717, 1.165) is 0 Å². The Labute approximate surface area is 129 Å². The Balaban J connectivity index is 1.82. The number of ether oxygens (including phenoxy) is 1. The number of amides is 1. The van der Waals surface area contributed by atoms with E-state index in [0.29, 0.717) is 10.7 Å². The van der Waals surface area contributed by atoms with Crippen LogP contribution in [0.4, 0.5) is 5.69 Å². The van der Waals surface area contributed by atoms with Crippen LogP contribution in [0, 0.1) is 0 Å². The number of nitrogens with zero attached hydrogens (tertiary/aromatic N) is 4. The number of tetrazole rings is 1. The third kappa shape index (κ3) is 4.40. The van der Waals surface area contributed by atoms with Gasteiger partial charge in [0.25, 0.3) is 5.91 Å². The molecule has 0 saturated carbocycles. The number of rotatable bonds is 5. The molecule has 21 heavy (non-hydrogen) atoms. The van der Waals surface area contributed by atoms with Gasteiger partial charge >= 0.3 is 5.97 Å². The Hall–Kier alpha value is -2.19. The summed E-state index contributed by atoms with van der Waals surface area (Å²) in [5.74, 6) is -1.18. The number of carbonyl (C=O) groups excluding carboxylic acids is 2. The average molecular weight is 330 g/mol. The molecular formula is C11H9Cl2N5O3. The lowest BCUT2D eigenvalue weighted by atomic mass is 10.3. The smallest absolute Gasteiger partial charge is 0.328 e. The molecule has 0 atom stereocenters. The summed E-state index contributed by atoms with van der Waals surface area (Å²) in [5, 5.41) is 13.2. The van der Waals surface area contributed by atoms with Gasteiger partial charge in [0.2, 0.25) is 0 Å². The normalized spacial score (nSPS) is 10.2. The highest BCUT2D eigenvalue weighted by Gasteiger charge is 2.11. The predicted molar refractivity (Wildman–Crippen MR) is 73.9 cm³/mol. The molecule has 1 heterocycles. The van der Waals surface area contributed by atoms with E-state index < -0.39 is 18.5 Å². The maximum absolute atomic E-state index is 11.6. The summed E-state index contributed by atoms with van der Waals surface area (Å²) in [6.07, 6.45) is 1.26. The first-order valence-electron chi connectivity index (χ1n) is 5.66. The summed E-state index contributed by atoms with van der Waals surface area (Å²) in [6, 6.07) is 4.80. The van der Waals surface area contributed by atoms with E-state index in [4.69, 9.17) is 27.9 Å². The molecule has 1 aromatic heterocycles. The first kappa shape index (κ1) is 15.2. The second kappa shape index (κ2) is 7.00. The molecule has 0 aliphatic rings. The highest BCUT2D eigenvalue weighted by Crippen LogP contribution is 2.29. The summed E-state index contributed by atoms with van der Waals surface area (Å²) in [6.45, 7) is -0.637. The number of nitrogens with one attached hydrogen (secondary N) is 1. The third-order valence-corrected chi connectivity index (χ3v) is 3.09. The van der Waals surface area contributed by atoms with E-state index in [1.807, 2.05) is 0 Å². The second-order valence-electron chi connectivity index (χ2n) is 3.82. The van der Waals surface area contributed by atoms with Gasteiger partial charge < -0.3 is 10.1 Å². The van der Waals surface area contributed by atoms with Gasteiger partial charge in [-0.25, -0.2) is 4.68 Å². The highest BCUT2D eigenvalue weighted by atomic mass is 35.5. The fourth-order valence-electron chi connectivity index (χ4n) is 1.36. The van der Waals surface area contributed by atoms with E-state index in [-0.39, 0.29) is 11.6 Å². The van der Waals surface area contributed by atoms with Gasteiger partial charge in [-0.05, 0) is 22.6 Å². The van der Waals surface area contributed by atoms with Crippen LogP contribution in [0.3, 0.4) is 0 Å². The van der Waals surface area contributed by atoms with Crippen molar-refractivity contribution in [3.05, 3.63) is 34.6 Å². The molecule has 2 rings (SSSR count). The van der Waals surface area contributed by atoms with Gasteiger partial charge in [-0.1, -0.05) is 29.3 Å². The van der Waals surface area contributed by atoms with Crippen molar-refractivity contribution in [1.82, 2.24) is 20.2 Å². The standard InChI is InChI=1S/C11H9Cl2N5O3/c12-7-2-1-3-8(11(7)13)15-9(19)5-21-10(20)4-18-6-14-16-17-18/h1-3,6H,4-5H2,(H,15,19). The van der Waals surface area contributed by atoms with Crippen molar-refractivity contribution < 1.29 is 14.3 Å². The van der Waals surface area contributed by atoms with Crippen LogP contribution in [0.5, 0.6) is 0 Å². The molecule has 0 fully saturated rings. The summed E-state index contributed by atoms with van der Waals surface area (Å²) < 4.78 is 5.95. The minimum absolute atomic E-state index is 0.182. The van der Waals surface area contributed by atoms with Gasteiger partial charge in [0.05, 0.1) is 15.7 Å². The molecule has 0 radical (unpaired) electrons. The van der Waals surface area contributed by atoms with Crippen molar-refractivity contribution in [2.24, 2.45) is 0 Å². The van der Waals surface area contributed by atoms with Crippen molar-refractivity contribution in [3.63, 3.8) is 0 Å². The van der Waals surface area contributed by atoms with Crippen LogP contribution in [0.1, 0.15) is 0 Å². The summed E-state index contributed by atoms with van der Waals surface area (Å²) in [5.41, 5.74) is 0.339. The molecule has 8 nitrogen and oxygen atoms in total. The number of benzene rings is 1. The Morgan fingerprint density at radius 2 is 2.14 bits per heavy atom. The lowest BCUT2D eigenvalue weighted by Crippen LogP contribution is -2.23. The minimum Gasteiger partial charge on any atom is -0.454 e. The Kier molecular flexibility index (Phi) is 5.07. The van der Waals surface area contributed by atoms with E-state index >= 15 is 0 Å². The zero-order valence-corrected chi connectivity index (χ0v) is 12.0. The van der Waals surface area contributed by atoms with Crippen molar-refractivity contribution in [3.8, 4) is 0 Å². The molecule has 1 N–H and O–H groups in total. The fourth-order valence-corrected chi connectivity index (χ4v) is 1.71. The molecule has 0 spiro atoms. The van der Waals surface area contributed by atoms with Crippen LogP contribution in [0.2, 0.25) is 10.0 Å². The van der Waals surface area contributed by atoms with Gasteiger partial charge in [0, 0.05) is 0 Å². The molecule has 1 aromatic carbocycles. The molecule has 2 aromatic rings. The van der Waals surface area contributed by atoms with Crippen molar-refractivity contribution in [1.29, 1.82) is 0 Å². The number of aromatic nitrogens is 4. The maximum Gasteiger partial charge on any atom is 0.328 e. The van der Waals surface area contributed by atoms with E-state index in [1.165, 1.54) is 11.0 Å². The Bertz CT molecular complexity index is 647. The summed E-state index contributed by atoms with van der Waals surface area (Å²) in [7, 11) is 0. The summed E-state index contributed by atoms with van der Waals surface area (Å²) in [4.78, 5) is 23.1. The number of hydrogen-bond acceptors (Lipinski definition) is 6. The quantitative estimate of drug-likeness (QED) is 0.826. The summed E-state index contributed by atoms with van der Waals surface area (Å²) >= 11 is 11.7. The number of carbonyl (C=O) groups is 2. The molecule has 0 bridgehead atoms. The first-order chi connectivity index (χ1) is 10.1. The first-order valence-corrected chi connectivity index (χ1v) is 6.42. The molecule has 0 aliphatic heterocycles. The Morgan fingerprint density at radius 1 is 1.33 bits per heavy atom. The highest BCUT2D eigenvalue weighted by molar-refractivity contribution is 6.43. The molecule has 0 unspecified atom stereocenters. The topological polar surface area (TPSA) is 99.0 Å². The minimum atomic E-state index is -0.644. The number of esters is 1. The second-order valence-corrected chi connectivity index (χ2v) is 4.60. The predicted octanol–water partition coefficient (Wildman–Crippen LogP) is 1.16. The SMILES string of the molecule is O=C(COC(=O)Cn1cnnn1)Nc1cccc(Cl)c1Cl. The fraction of sp³-hybridized carbons (Fsp3) is 0.182. The average Bonchev–Trinajstić information content (AvgIpc) is 2.94. The van der Waals surface area contributed by atoms with Crippen LogP contribution in [0.15, 0.2) is 24.5 Å². The molecule has 1 amide bonds. The van der Waals surface area contributed by atoms with Crippen LogP contribution in [-0.2, 0) is 20.9 Å². The maximum atomic E-state index is 11.6. The van der Waals surface area contributed by atoms with Gasteiger partial charge in [0.1, 0.15) is 12.9 Å². The van der Waals surface area contributed by atoms with Crippen molar-refractivity contribution in [2.45, 2.75) is 6.54 Å². The molecule has 0 saturated heterocycles. The van der Waals surface area contributed by atoms with E-state index in [1.54, 1.807) is 18.2 Å². The van der Waals surface area contributed by atoms with Crippen LogP contribution in [-0.4, -0.2) is 38.7 Å². The van der Waals surface area contributed by atoms with Crippen LogP contribution < -0.4 is 5.32 Å². The van der Waals surface area contributed by atoms with E-state index in [2.05, 4.69) is 20.8 Å². The molecule has 10 heteroatoms. The van der Waals surface area contributed by atoms with Crippen molar-refractivity contribution >= 4 is 40.8 Å². The lowest BCUT2D eigenvalue weighted by Gasteiger charge is -2.08. The lowest BCUT2D eigenvalue weighted by molar-refractivity contribution is -0.148. The van der Waals surface area contributed by atoms with Crippen molar-refractivity contribution in [2.75, 3.05) is 11.9 Å². The molecule has 110 valence electrons.